The smallest absolute Gasteiger partial charge is 0.248 e. The third-order valence-corrected chi connectivity index (χ3v) is 9.40. The number of hydrogen-bond donors (Lipinski definition) is 1. The molecule has 1 saturated heterocycles. The molecule has 5 rings (SSSR count). The first kappa shape index (κ1) is 25.4. The van der Waals surface area contributed by atoms with Crippen LogP contribution in [0.2, 0.25) is 0 Å². The SMILES string of the molecule is Cc1ccc(/C=C/c2onc(C)c2S(=O)(=O)N2CCCC(C(=O)NC3CCCc4ccccc43)C2)cc1. The monoisotopic (exact) mass is 519 g/mol. The highest BCUT2D eigenvalue weighted by Crippen LogP contribution is 2.32. The Morgan fingerprint density at radius 3 is 2.65 bits per heavy atom. The number of aryl methyl sites for hydroxylation is 3. The van der Waals surface area contributed by atoms with E-state index in [-0.39, 0.29) is 29.1 Å². The molecule has 194 valence electrons. The molecule has 2 unspecified atom stereocenters. The molecule has 1 aromatic heterocycles. The number of nitrogens with one attached hydrogen (secondary N) is 1. The van der Waals surface area contributed by atoms with Gasteiger partial charge in [-0.1, -0.05) is 65.3 Å². The second-order valence-corrected chi connectivity index (χ2v) is 11.9. The molecule has 7 nitrogen and oxygen atoms in total. The summed E-state index contributed by atoms with van der Waals surface area (Å²) in [4.78, 5) is 13.3. The number of nitrogens with zero attached hydrogens (tertiary/aromatic N) is 2. The van der Waals surface area contributed by atoms with E-state index in [1.165, 1.54) is 15.4 Å². The number of piperidine rings is 1. The predicted octanol–water partition coefficient (Wildman–Crippen LogP) is 5.06. The summed E-state index contributed by atoms with van der Waals surface area (Å²) < 4.78 is 34.3. The van der Waals surface area contributed by atoms with Crippen molar-refractivity contribution in [1.29, 1.82) is 0 Å². The van der Waals surface area contributed by atoms with Gasteiger partial charge in [-0.2, -0.15) is 4.31 Å². The normalized spacial score (nSPS) is 20.6. The van der Waals surface area contributed by atoms with Crippen LogP contribution in [0.3, 0.4) is 0 Å². The van der Waals surface area contributed by atoms with Crippen LogP contribution >= 0.6 is 0 Å². The lowest BCUT2D eigenvalue weighted by molar-refractivity contribution is -0.127. The maximum absolute atomic E-state index is 13.7. The Morgan fingerprint density at radius 1 is 1.05 bits per heavy atom. The third kappa shape index (κ3) is 5.40. The van der Waals surface area contributed by atoms with Gasteiger partial charge >= 0.3 is 0 Å². The Bertz CT molecular complexity index is 1410. The van der Waals surface area contributed by atoms with E-state index < -0.39 is 15.9 Å². The van der Waals surface area contributed by atoms with Crippen LogP contribution < -0.4 is 5.32 Å². The Morgan fingerprint density at radius 2 is 1.84 bits per heavy atom. The zero-order valence-electron chi connectivity index (χ0n) is 21.3. The van der Waals surface area contributed by atoms with E-state index in [2.05, 4.69) is 22.6 Å². The summed E-state index contributed by atoms with van der Waals surface area (Å²) in [6.07, 6.45) is 7.69. The van der Waals surface area contributed by atoms with Gasteiger partial charge in [0.25, 0.3) is 0 Å². The summed E-state index contributed by atoms with van der Waals surface area (Å²) in [7, 11) is -3.89. The molecule has 1 aliphatic carbocycles. The summed E-state index contributed by atoms with van der Waals surface area (Å²) in [5.41, 5.74) is 4.84. The second kappa shape index (κ2) is 10.6. The highest BCUT2D eigenvalue weighted by Gasteiger charge is 2.37. The fraction of sp³-hybridized carbons (Fsp3) is 0.379. The summed E-state index contributed by atoms with van der Waals surface area (Å²) in [5, 5.41) is 7.16. The molecule has 0 bridgehead atoms. The number of amides is 1. The lowest BCUT2D eigenvalue weighted by atomic mass is 9.87. The number of benzene rings is 2. The van der Waals surface area contributed by atoms with Gasteiger partial charge in [0.15, 0.2) is 10.7 Å². The van der Waals surface area contributed by atoms with Gasteiger partial charge in [0.2, 0.25) is 15.9 Å². The summed E-state index contributed by atoms with van der Waals surface area (Å²) >= 11 is 0. The maximum atomic E-state index is 13.7. The first-order chi connectivity index (χ1) is 17.8. The number of carbonyl (C=O) groups excluding carboxylic acids is 1. The largest absolute Gasteiger partial charge is 0.355 e. The maximum Gasteiger partial charge on any atom is 0.248 e. The molecule has 1 N–H and O–H groups in total. The topological polar surface area (TPSA) is 92.5 Å². The number of sulfonamides is 1. The van der Waals surface area contributed by atoms with Gasteiger partial charge in [-0.05, 0) is 68.7 Å². The molecular formula is C29H33N3O4S. The Hall–Kier alpha value is -3.23. The molecule has 0 radical (unpaired) electrons. The lowest BCUT2D eigenvalue weighted by Crippen LogP contribution is -2.46. The van der Waals surface area contributed by atoms with Crippen molar-refractivity contribution in [2.45, 2.75) is 56.9 Å². The van der Waals surface area contributed by atoms with Gasteiger partial charge in [-0.3, -0.25) is 4.79 Å². The lowest BCUT2D eigenvalue weighted by Gasteiger charge is -2.33. The fourth-order valence-electron chi connectivity index (χ4n) is 5.35. The predicted molar refractivity (Wildman–Crippen MR) is 143 cm³/mol. The number of carbonyl (C=O) groups is 1. The van der Waals surface area contributed by atoms with Crippen molar-refractivity contribution < 1.29 is 17.7 Å². The van der Waals surface area contributed by atoms with Crippen molar-refractivity contribution in [3.8, 4) is 0 Å². The third-order valence-electron chi connectivity index (χ3n) is 7.38. The van der Waals surface area contributed by atoms with Gasteiger partial charge < -0.3 is 9.84 Å². The van der Waals surface area contributed by atoms with Crippen LogP contribution in [0, 0.1) is 19.8 Å². The van der Waals surface area contributed by atoms with E-state index in [0.29, 0.717) is 25.1 Å². The zero-order valence-corrected chi connectivity index (χ0v) is 22.1. The van der Waals surface area contributed by atoms with Crippen molar-refractivity contribution in [3.05, 3.63) is 82.2 Å². The molecule has 1 aliphatic heterocycles. The number of fused-ring (bicyclic) bond motifs is 1. The van der Waals surface area contributed by atoms with E-state index in [0.717, 1.165) is 30.4 Å². The fourth-order valence-corrected chi connectivity index (χ4v) is 7.12. The first-order valence-corrected chi connectivity index (χ1v) is 14.4. The van der Waals surface area contributed by atoms with Crippen molar-refractivity contribution in [3.63, 3.8) is 0 Å². The Balaban J connectivity index is 1.32. The van der Waals surface area contributed by atoms with Crippen LogP contribution in [0.5, 0.6) is 0 Å². The highest BCUT2D eigenvalue weighted by molar-refractivity contribution is 7.89. The molecule has 0 saturated carbocycles. The van der Waals surface area contributed by atoms with E-state index in [1.54, 1.807) is 13.0 Å². The van der Waals surface area contributed by atoms with E-state index >= 15 is 0 Å². The Labute approximate surface area is 218 Å². The van der Waals surface area contributed by atoms with Gasteiger partial charge in [-0.25, -0.2) is 8.42 Å². The minimum absolute atomic E-state index is 0.0248. The van der Waals surface area contributed by atoms with Crippen LogP contribution in [-0.4, -0.2) is 36.9 Å². The van der Waals surface area contributed by atoms with Crippen LogP contribution in [0.25, 0.3) is 12.2 Å². The number of aromatic nitrogens is 1. The van der Waals surface area contributed by atoms with Gasteiger partial charge in [0.05, 0.1) is 12.0 Å². The van der Waals surface area contributed by atoms with Gasteiger partial charge in [0.1, 0.15) is 5.69 Å². The average Bonchev–Trinajstić information content (AvgIpc) is 3.29. The minimum Gasteiger partial charge on any atom is -0.355 e. The summed E-state index contributed by atoms with van der Waals surface area (Å²) in [5.74, 6) is -0.282. The number of hydrogen-bond acceptors (Lipinski definition) is 5. The molecule has 2 aliphatic rings. The summed E-state index contributed by atoms with van der Waals surface area (Å²) in [6, 6.07) is 16.1. The van der Waals surface area contributed by atoms with Crippen LogP contribution in [0.1, 0.15) is 65.4 Å². The second-order valence-electron chi connectivity index (χ2n) is 10.1. The first-order valence-electron chi connectivity index (χ1n) is 12.9. The molecule has 2 aromatic carbocycles. The standard InChI is InChI=1S/C29H33N3O4S/c1-20-12-14-22(15-13-20)16-17-27-28(21(2)31-36-27)37(34,35)32-18-6-9-24(19-32)29(33)30-26-11-5-8-23-7-3-4-10-25(23)26/h3-4,7,10,12-17,24,26H,5-6,8-9,11,18-19H2,1-2H3,(H,30,33)/b17-16+. The van der Waals surface area contributed by atoms with Crippen molar-refractivity contribution in [2.75, 3.05) is 13.1 Å². The van der Waals surface area contributed by atoms with Crippen LogP contribution in [0.4, 0.5) is 0 Å². The van der Waals surface area contributed by atoms with E-state index in [9.17, 15) is 13.2 Å². The minimum atomic E-state index is -3.89. The van der Waals surface area contributed by atoms with Crippen molar-refractivity contribution in [1.82, 2.24) is 14.8 Å². The number of rotatable bonds is 6. The van der Waals surface area contributed by atoms with Crippen LogP contribution in [-0.2, 0) is 21.2 Å². The van der Waals surface area contributed by atoms with Gasteiger partial charge in [0, 0.05) is 13.1 Å². The van der Waals surface area contributed by atoms with Gasteiger partial charge in [-0.15, -0.1) is 0 Å². The van der Waals surface area contributed by atoms with E-state index in [4.69, 9.17) is 4.52 Å². The molecule has 37 heavy (non-hydrogen) atoms. The van der Waals surface area contributed by atoms with Crippen LogP contribution in [0.15, 0.2) is 57.9 Å². The van der Waals surface area contributed by atoms with E-state index in [1.807, 2.05) is 49.4 Å². The molecule has 8 heteroatoms. The molecule has 3 aromatic rings. The highest BCUT2D eigenvalue weighted by atomic mass is 32.2. The van der Waals surface area contributed by atoms with Crippen molar-refractivity contribution in [2.24, 2.45) is 5.92 Å². The Kier molecular flexibility index (Phi) is 7.31. The molecular weight excluding hydrogens is 486 g/mol. The molecule has 2 atom stereocenters. The molecule has 2 heterocycles. The quantitative estimate of drug-likeness (QED) is 0.492. The molecule has 1 fully saturated rings. The zero-order chi connectivity index (χ0) is 26.0. The summed E-state index contributed by atoms with van der Waals surface area (Å²) in [6.45, 7) is 4.16. The molecule has 1 amide bonds. The molecule has 0 spiro atoms. The average molecular weight is 520 g/mol. The van der Waals surface area contributed by atoms with Crippen molar-refractivity contribution >= 4 is 28.1 Å².